The van der Waals surface area contributed by atoms with Gasteiger partial charge in [0.1, 0.15) is 4.58 Å². The number of thioether (sulfide) groups is 1. The highest BCUT2D eigenvalue weighted by molar-refractivity contribution is 8.13. The molecule has 0 radical (unpaired) electrons. The quantitative estimate of drug-likeness (QED) is 0.374. The van der Waals surface area contributed by atoms with Crippen LogP contribution in [0, 0.1) is 6.92 Å². The first-order chi connectivity index (χ1) is 11.0. The molecule has 0 N–H and O–H groups in total. The zero-order valence-corrected chi connectivity index (χ0v) is 16.3. The summed E-state index contributed by atoms with van der Waals surface area (Å²) in [4.78, 5) is 0.426. The van der Waals surface area contributed by atoms with E-state index in [1.54, 1.807) is 12.1 Å². The maximum atomic E-state index is 12.7. The molecule has 0 aliphatic heterocycles. The predicted octanol–water partition coefficient (Wildman–Crippen LogP) is 5.76. The van der Waals surface area contributed by atoms with Crippen LogP contribution in [0.5, 0.6) is 0 Å². The van der Waals surface area contributed by atoms with Crippen molar-refractivity contribution in [3.05, 3.63) is 42.0 Å². The van der Waals surface area contributed by atoms with Gasteiger partial charge in [-0.2, -0.15) is 0 Å². The van der Waals surface area contributed by atoms with Crippen LogP contribution in [-0.2, 0) is 9.84 Å². The molecular weight excluding hydrogens is 324 g/mol. The molecule has 1 unspecified atom stereocenters. The molecular formula is C19H30O2S2. The first kappa shape index (κ1) is 20.3. The average Bonchev–Trinajstić information content (AvgIpc) is 2.53. The number of allylic oxidation sites excluding steroid dienone is 2. The van der Waals surface area contributed by atoms with Gasteiger partial charge in [0.05, 0.1) is 4.90 Å². The number of hydrogen-bond acceptors (Lipinski definition) is 3. The molecule has 23 heavy (non-hydrogen) atoms. The lowest BCUT2D eigenvalue weighted by molar-refractivity contribution is 0.593. The van der Waals surface area contributed by atoms with E-state index in [4.69, 9.17) is 0 Å². The van der Waals surface area contributed by atoms with Crippen molar-refractivity contribution in [2.24, 2.45) is 0 Å². The van der Waals surface area contributed by atoms with E-state index < -0.39 is 14.4 Å². The summed E-state index contributed by atoms with van der Waals surface area (Å²) in [6, 6.07) is 7.14. The Hall–Kier alpha value is -0.740. The molecule has 1 aromatic rings. The number of sulfone groups is 1. The Labute approximate surface area is 146 Å². The molecule has 0 saturated heterocycles. The minimum Gasteiger partial charge on any atom is -0.223 e. The highest BCUT2D eigenvalue weighted by Crippen LogP contribution is 2.26. The Morgan fingerprint density at radius 1 is 1.04 bits per heavy atom. The van der Waals surface area contributed by atoms with Crippen LogP contribution in [0.25, 0.3) is 0 Å². The van der Waals surface area contributed by atoms with Crippen LogP contribution in [0.4, 0.5) is 0 Å². The lowest BCUT2D eigenvalue weighted by atomic mass is 10.1. The van der Waals surface area contributed by atoms with E-state index in [1.807, 2.05) is 31.4 Å². The van der Waals surface area contributed by atoms with E-state index in [0.29, 0.717) is 11.3 Å². The predicted molar refractivity (Wildman–Crippen MR) is 103 cm³/mol. The van der Waals surface area contributed by atoms with Crippen molar-refractivity contribution in [1.29, 1.82) is 0 Å². The van der Waals surface area contributed by atoms with Crippen LogP contribution >= 0.6 is 11.8 Å². The molecule has 0 amide bonds. The standard InChI is InChI=1S/C19H30O2S2/c1-4-5-6-7-8-9-10-11-12-19(22-3)23(20,21)18-15-13-17(2)14-16-18/h10-11,13-16,19H,4-9,12H2,1-3H3/b11-10+. The summed E-state index contributed by atoms with van der Waals surface area (Å²) in [6.07, 6.45) is 14.0. The number of benzene rings is 1. The average molecular weight is 355 g/mol. The highest BCUT2D eigenvalue weighted by Gasteiger charge is 2.25. The highest BCUT2D eigenvalue weighted by atomic mass is 32.3. The molecule has 1 rings (SSSR count). The van der Waals surface area contributed by atoms with Crippen LogP contribution in [0.2, 0.25) is 0 Å². The van der Waals surface area contributed by atoms with Gasteiger partial charge in [-0.05, 0) is 44.6 Å². The van der Waals surface area contributed by atoms with Crippen molar-refractivity contribution in [2.75, 3.05) is 6.26 Å². The molecule has 0 aliphatic rings. The van der Waals surface area contributed by atoms with E-state index in [1.165, 1.54) is 43.9 Å². The Balaban J connectivity index is 2.51. The van der Waals surface area contributed by atoms with E-state index in [9.17, 15) is 8.42 Å². The summed E-state index contributed by atoms with van der Waals surface area (Å²) in [5.74, 6) is 0. The monoisotopic (exact) mass is 354 g/mol. The van der Waals surface area contributed by atoms with Crippen LogP contribution < -0.4 is 0 Å². The third kappa shape index (κ3) is 7.13. The first-order valence-electron chi connectivity index (χ1n) is 8.50. The Morgan fingerprint density at radius 3 is 2.30 bits per heavy atom. The minimum atomic E-state index is -3.26. The van der Waals surface area contributed by atoms with E-state index in [2.05, 4.69) is 13.0 Å². The molecule has 2 nitrogen and oxygen atoms in total. The molecule has 0 bridgehead atoms. The van der Waals surface area contributed by atoms with Gasteiger partial charge >= 0.3 is 0 Å². The van der Waals surface area contributed by atoms with Gasteiger partial charge in [-0.25, -0.2) is 8.42 Å². The van der Waals surface area contributed by atoms with Gasteiger partial charge in [0, 0.05) is 0 Å². The van der Waals surface area contributed by atoms with Crippen molar-refractivity contribution < 1.29 is 8.42 Å². The molecule has 1 atom stereocenters. The summed E-state index contributed by atoms with van der Waals surface area (Å²) in [7, 11) is -3.26. The minimum absolute atomic E-state index is 0.401. The lowest BCUT2D eigenvalue weighted by Crippen LogP contribution is -2.17. The van der Waals surface area contributed by atoms with E-state index in [0.717, 1.165) is 12.0 Å². The fraction of sp³-hybridized carbons (Fsp3) is 0.579. The SMILES string of the molecule is CCCCCCC/C=C/CC(SC)S(=O)(=O)c1ccc(C)cc1. The van der Waals surface area contributed by atoms with Crippen LogP contribution in [0.15, 0.2) is 41.3 Å². The van der Waals surface area contributed by atoms with Gasteiger partial charge in [-0.15, -0.1) is 11.8 Å². The molecule has 4 heteroatoms. The fourth-order valence-corrected chi connectivity index (χ4v) is 5.25. The summed E-state index contributed by atoms with van der Waals surface area (Å²) in [6.45, 7) is 4.18. The van der Waals surface area contributed by atoms with E-state index in [-0.39, 0.29) is 0 Å². The molecule has 0 fully saturated rings. The van der Waals surface area contributed by atoms with Gasteiger partial charge < -0.3 is 0 Å². The number of aryl methyl sites for hydroxylation is 1. The first-order valence-corrected chi connectivity index (χ1v) is 11.3. The molecule has 0 spiro atoms. The molecule has 0 saturated carbocycles. The summed E-state index contributed by atoms with van der Waals surface area (Å²) in [5.41, 5.74) is 1.08. The van der Waals surface area contributed by atoms with Crippen LogP contribution in [0.1, 0.15) is 57.4 Å². The molecule has 1 aromatic carbocycles. The van der Waals surface area contributed by atoms with Gasteiger partial charge in [-0.3, -0.25) is 0 Å². The number of hydrogen-bond donors (Lipinski definition) is 0. The maximum Gasteiger partial charge on any atom is 0.190 e. The third-order valence-electron chi connectivity index (χ3n) is 3.93. The largest absolute Gasteiger partial charge is 0.223 e. The van der Waals surface area contributed by atoms with Crippen LogP contribution in [0.3, 0.4) is 0 Å². The maximum absolute atomic E-state index is 12.7. The molecule has 0 heterocycles. The summed E-state index contributed by atoms with van der Waals surface area (Å²) in [5, 5.41) is 0. The third-order valence-corrected chi connectivity index (χ3v) is 7.80. The van der Waals surface area contributed by atoms with Crippen molar-refractivity contribution in [2.45, 2.75) is 68.3 Å². The van der Waals surface area contributed by atoms with E-state index >= 15 is 0 Å². The smallest absolute Gasteiger partial charge is 0.190 e. The number of unbranched alkanes of at least 4 members (excludes halogenated alkanes) is 5. The fourth-order valence-electron chi connectivity index (χ4n) is 2.42. The number of rotatable bonds is 11. The topological polar surface area (TPSA) is 34.1 Å². The second kappa shape index (κ2) is 10.9. The Bertz CT molecular complexity index is 560. The molecule has 0 aromatic heterocycles. The Kier molecular flexibility index (Phi) is 9.65. The summed E-state index contributed by atoms with van der Waals surface area (Å²) >= 11 is 1.41. The zero-order valence-electron chi connectivity index (χ0n) is 14.6. The zero-order chi connectivity index (χ0) is 17.1. The summed E-state index contributed by atoms with van der Waals surface area (Å²) < 4.78 is 24.9. The van der Waals surface area contributed by atoms with Gasteiger partial charge in [0.2, 0.25) is 0 Å². The van der Waals surface area contributed by atoms with Gasteiger partial charge in [0.25, 0.3) is 0 Å². The molecule has 0 aliphatic carbocycles. The second-order valence-corrected chi connectivity index (χ2v) is 9.40. The second-order valence-electron chi connectivity index (χ2n) is 5.93. The lowest BCUT2D eigenvalue weighted by Gasteiger charge is -2.14. The van der Waals surface area contributed by atoms with Crippen molar-refractivity contribution in [3.63, 3.8) is 0 Å². The molecule has 130 valence electrons. The van der Waals surface area contributed by atoms with Crippen molar-refractivity contribution >= 4 is 21.6 Å². The van der Waals surface area contributed by atoms with Crippen LogP contribution in [-0.4, -0.2) is 19.3 Å². The van der Waals surface area contributed by atoms with Gasteiger partial charge in [-0.1, -0.05) is 62.5 Å². The van der Waals surface area contributed by atoms with Crippen molar-refractivity contribution in [1.82, 2.24) is 0 Å². The van der Waals surface area contributed by atoms with Gasteiger partial charge in [0.15, 0.2) is 9.84 Å². The Morgan fingerprint density at radius 2 is 1.70 bits per heavy atom. The van der Waals surface area contributed by atoms with Crippen molar-refractivity contribution in [3.8, 4) is 0 Å². The normalized spacial score (nSPS) is 13.5.